The fourth-order valence-corrected chi connectivity index (χ4v) is 0.400. The zero-order valence-corrected chi connectivity index (χ0v) is 10.4. The van der Waals surface area contributed by atoms with Gasteiger partial charge >= 0.3 is 0 Å². The summed E-state index contributed by atoms with van der Waals surface area (Å²) in [6.07, 6.45) is 7.24. The minimum absolute atomic E-state index is 0.0146. The Morgan fingerprint density at radius 3 is 1.79 bits per heavy atom. The molecule has 82 valence electrons. The van der Waals surface area contributed by atoms with E-state index in [-0.39, 0.29) is 5.78 Å². The van der Waals surface area contributed by atoms with Crippen molar-refractivity contribution in [2.75, 3.05) is 0 Å². The van der Waals surface area contributed by atoms with Gasteiger partial charge < -0.3 is 0 Å². The summed E-state index contributed by atoms with van der Waals surface area (Å²) in [4.78, 5) is 10.6. The third kappa shape index (κ3) is 17.1. The van der Waals surface area contributed by atoms with Crippen molar-refractivity contribution in [2.24, 2.45) is 0 Å². The van der Waals surface area contributed by atoms with E-state index in [2.05, 4.69) is 6.58 Å². The molecule has 1 nitrogen and oxygen atoms in total. The highest BCUT2D eigenvalue weighted by atomic mass is 16.1. The monoisotopic (exact) mass is 196 g/mol. The van der Waals surface area contributed by atoms with Gasteiger partial charge in [-0.05, 0) is 13.8 Å². The van der Waals surface area contributed by atoms with Crippen molar-refractivity contribution in [3.8, 4) is 0 Å². The molecule has 0 bridgehead atoms. The highest BCUT2D eigenvalue weighted by Crippen LogP contribution is 1.93. The highest BCUT2D eigenvalue weighted by Gasteiger charge is 1.91. The molecule has 0 radical (unpaired) electrons. The summed E-state index contributed by atoms with van der Waals surface area (Å²) in [6.45, 7) is 15.0. The van der Waals surface area contributed by atoms with Crippen LogP contribution in [0.15, 0.2) is 36.5 Å². The molecule has 0 aliphatic rings. The van der Waals surface area contributed by atoms with Crippen LogP contribution >= 0.6 is 0 Å². The standard InChI is InChI=1S/C9H12O.2C2H6/c1-4-5-6-7-8(2)9(3)10;2*1-2/h4-7H,2H2,1,3H3;2*1-2H3/b5-4-,7-6-;;. The van der Waals surface area contributed by atoms with Crippen LogP contribution in [0.3, 0.4) is 0 Å². The summed E-state index contributed by atoms with van der Waals surface area (Å²) in [5, 5.41) is 0. The number of hydrogen-bond donors (Lipinski definition) is 0. The lowest BCUT2D eigenvalue weighted by molar-refractivity contribution is -0.113. The Morgan fingerprint density at radius 2 is 1.50 bits per heavy atom. The lowest BCUT2D eigenvalue weighted by atomic mass is 10.2. The van der Waals surface area contributed by atoms with Gasteiger partial charge in [0.05, 0.1) is 0 Å². The summed E-state index contributed by atoms with van der Waals surface area (Å²) in [5.74, 6) is 0.0146. The zero-order valence-electron chi connectivity index (χ0n) is 10.4. The van der Waals surface area contributed by atoms with Gasteiger partial charge in [0.1, 0.15) is 0 Å². The number of carbonyl (C=O) groups excluding carboxylic acids is 1. The first kappa shape index (κ1) is 18.6. The summed E-state index contributed by atoms with van der Waals surface area (Å²) in [6, 6.07) is 0. The molecule has 0 aliphatic carbocycles. The Morgan fingerprint density at radius 1 is 1.07 bits per heavy atom. The van der Waals surface area contributed by atoms with Gasteiger partial charge in [0.25, 0.3) is 0 Å². The van der Waals surface area contributed by atoms with E-state index in [0.717, 1.165) is 0 Å². The maximum atomic E-state index is 10.6. The van der Waals surface area contributed by atoms with E-state index in [4.69, 9.17) is 0 Å². The SMILES string of the molecule is C=C(/C=C\C=C/C)C(C)=O.CC.CC. The molecular formula is C13H24O. The van der Waals surface area contributed by atoms with Crippen LogP contribution in [0.1, 0.15) is 41.5 Å². The van der Waals surface area contributed by atoms with Crippen LogP contribution in [0.5, 0.6) is 0 Å². The lowest BCUT2D eigenvalue weighted by Gasteiger charge is -1.86. The Labute approximate surface area is 89.2 Å². The van der Waals surface area contributed by atoms with Crippen LogP contribution in [0.25, 0.3) is 0 Å². The topological polar surface area (TPSA) is 17.1 Å². The number of hydrogen-bond acceptors (Lipinski definition) is 1. The Kier molecular flexibility index (Phi) is 23.7. The molecular weight excluding hydrogens is 172 g/mol. The predicted octanol–water partition coefficient (Wildman–Crippen LogP) is 4.32. The van der Waals surface area contributed by atoms with E-state index >= 15 is 0 Å². The number of ketones is 1. The van der Waals surface area contributed by atoms with E-state index in [1.165, 1.54) is 6.92 Å². The van der Waals surface area contributed by atoms with Crippen molar-refractivity contribution in [3.05, 3.63) is 36.5 Å². The van der Waals surface area contributed by atoms with Crippen LogP contribution < -0.4 is 0 Å². The Balaban J connectivity index is -0.000000266. The van der Waals surface area contributed by atoms with Crippen molar-refractivity contribution >= 4 is 5.78 Å². The molecule has 0 N–H and O–H groups in total. The lowest BCUT2D eigenvalue weighted by Crippen LogP contribution is -1.89. The fourth-order valence-electron chi connectivity index (χ4n) is 0.400. The minimum atomic E-state index is 0.0146. The van der Waals surface area contributed by atoms with Gasteiger partial charge in [0, 0.05) is 5.57 Å². The minimum Gasteiger partial charge on any atom is -0.295 e. The highest BCUT2D eigenvalue weighted by molar-refractivity contribution is 5.95. The van der Waals surface area contributed by atoms with Crippen molar-refractivity contribution in [2.45, 2.75) is 41.5 Å². The molecule has 0 saturated carbocycles. The van der Waals surface area contributed by atoms with Gasteiger partial charge in [0.15, 0.2) is 5.78 Å². The Bertz CT molecular complexity index is 185. The third-order valence-corrected chi connectivity index (χ3v) is 1.05. The molecule has 0 fully saturated rings. The van der Waals surface area contributed by atoms with E-state index in [0.29, 0.717) is 5.57 Å². The average Bonchev–Trinajstić information content (AvgIpc) is 2.24. The normalized spacial score (nSPS) is 8.71. The van der Waals surface area contributed by atoms with E-state index < -0.39 is 0 Å². The second-order valence-electron chi connectivity index (χ2n) is 1.97. The molecule has 0 rings (SSSR count). The molecule has 0 aromatic carbocycles. The zero-order chi connectivity index (χ0) is 12.0. The number of Topliss-reactive ketones (excluding diaryl/α,β-unsaturated/α-hetero) is 1. The Hall–Kier alpha value is -1.11. The maximum absolute atomic E-state index is 10.6. The van der Waals surface area contributed by atoms with Crippen LogP contribution in [-0.4, -0.2) is 5.78 Å². The molecule has 0 amide bonds. The molecule has 0 spiro atoms. The predicted molar refractivity (Wildman–Crippen MR) is 66.5 cm³/mol. The number of allylic oxidation sites excluding steroid dienone is 5. The summed E-state index contributed by atoms with van der Waals surface area (Å²) in [5.41, 5.74) is 0.540. The van der Waals surface area contributed by atoms with Crippen molar-refractivity contribution in [1.29, 1.82) is 0 Å². The molecule has 14 heavy (non-hydrogen) atoms. The van der Waals surface area contributed by atoms with Crippen molar-refractivity contribution in [3.63, 3.8) is 0 Å². The number of carbonyl (C=O) groups is 1. The molecule has 0 aromatic heterocycles. The van der Waals surface area contributed by atoms with E-state index in [9.17, 15) is 4.79 Å². The first-order valence-corrected chi connectivity index (χ1v) is 5.17. The molecule has 0 atom stereocenters. The van der Waals surface area contributed by atoms with Gasteiger partial charge in [-0.25, -0.2) is 0 Å². The van der Waals surface area contributed by atoms with Gasteiger partial charge in [-0.3, -0.25) is 4.79 Å². The van der Waals surface area contributed by atoms with Crippen LogP contribution in [0, 0.1) is 0 Å². The van der Waals surface area contributed by atoms with Crippen molar-refractivity contribution < 1.29 is 4.79 Å². The summed E-state index contributed by atoms with van der Waals surface area (Å²) >= 11 is 0. The first-order chi connectivity index (χ1) is 6.68. The molecule has 0 saturated heterocycles. The van der Waals surface area contributed by atoms with Crippen LogP contribution in [0.4, 0.5) is 0 Å². The second-order valence-corrected chi connectivity index (χ2v) is 1.97. The van der Waals surface area contributed by atoms with Crippen LogP contribution in [-0.2, 0) is 4.79 Å². The molecule has 1 heteroatoms. The van der Waals surface area contributed by atoms with Gasteiger partial charge in [-0.1, -0.05) is 58.6 Å². The smallest absolute Gasteiger partial charge is 0.159 e. The number of rotatable bonds is 3. The third-order valence-electron chi connectivity index (χ3n) is 1.05. The first-order valence-electron chi connectivity index (χ1n) is 5.17. The maximum Gasteiger partial charge on any atom is 0.159 e. The quantitative estimate of drug-likeness (QED) is 0.485. The fraction of sp³-hybridized carbons (Fsp3) is 0.462. The second kappa shape index (κ2) is 17.8. The summed E-state index contributed by atoms with van der Waals surface area (Å²) in [7, 11) is 0. The average molecular weight is 196 g/mol. The largest absolute Gasteiger partial charge is 0.295 e. The molecule has 0 aromatic rings. The molecule has 0 aliphatic heterocycles. The van der Waals surface area contributed by atoms with Crippen LogP contribution in [0.2, 0.25) is 0 Å². The van der Waals surface area contributed by atoms with E-state index in [1.54, 1.807) is 12.2 Å². The van der Waals surface area contributed by atoms with Gasteiger partial charge in [-0.15, -0.1) is 0 Å². The van der Waals surface area contributed by atoms with Gasteiger partial charge in [-0.2, -0.15) is 0 Å². The molecule has 0 unspecified atom stereocenters. The van der Waals surface area contributed by atoms with Crippen molar-refractivity contribution in [1.82, 2.24) is 0 Å². The van der Waals surface area contributed by atoms with E-state index in [1.807, 2.05) is 46.8 Å². The summed E-state index contributed by atoms with van der Waals surface area (Å²) < 4.78 is 0. The molecule has 0 heterocycles. The van der Waals surface area contributed by atoms with Gasteiger partial charge in [0.2, 0.25) is 0 Å².